The molecule has 2 rings (SSSR count). The van der Waals surface area contributed by atoms with E-state index >= 15 is 0 Å². The summed E-state index contributed by atoms with van der Waals surface area (Å²) in [5.41, 5.74) is 6.42. The molecule has 0 saturated carbocycles. The van der Waals surface area contributed by atoms with E-state index in [0.29, 0.717) is 6.54 Å². The molecule has 0 aromatic carbocycles. The van der Waals surface area contributed by atoms with Crippen LogP contribution in [0.25, 0.3) is 0 Å². The molecular weight excluding hydrogens is 154 g/mol. The fourth-order valence-electron chi connectivity index (χ4n) is 1.24. The number of imidazole rings is 1. The lowest BCUT2D eigenvalue weighted by Gasteiger charge is -2.10. The Kier molecular flexibility index (Phi) is 1.93. The first kappa shape index (κ1) is 7.52. The zero-order valence-corrected chi connectivity index (χ0v) is 6.60. The number of H-pyrrole nitrogens is 1. The number of aromatic nitrogens is 2. The van der Waals surface area contributed by atoms with Crippen molar-refractivity contribution in [2.45, 2.75) is 12.2 Å². The Morgan fingerprint density at radius 3 is 3.08 bits per heavy atom. The van der Waals surface area contributed by atoms with E-state index in [-0.39, 0.29) is 12.2 Å². The molecule has 12 heavy (non-hydrogen) atoms. The molecule has 0 bridgehead atoms. The molecule has 0 aliphatic carbocycles. The van der Waals surface area contributed by atoms with Gasteiger partial charge in [-0.15, -0.1) is 0 Å². The maximum Gasteiger partial charge on any atom is 0.118 e. The van der Waals surface area contributed by atoms with Gasteiger partial charge in [0.15, 0.2) is 0 Å². The number of nitrogens with zero attached hydrogens (tertiary/aromatic N) is 1. The molecular formula is C8H11N3O. The fraction of sp³-hybridized carbons (Fsp3) is 0.375. The Labute approximate surface area is 70.4 Å². The summed E-state index contributed by atoms with van der Waals surface area (Å²) in [7, 11) is 0. The first-order valence-electron chi connectivity index (χ1n) is 3.92. The quantitative estimate of drug-likeness (QED) is 0.622. The van der Waals surface area contributed by atoms with Gasteiger partial charge in [-0.2, -0.15) is 0 Å². The second kappa shape index (κ2) is 3.08. The normalized spacial score (nSPS) is 28.1. The van der Waals surface area contributed by atoms with Gasteiger partial charge in [0, 0.05) is 6.54 Å². The molecule has 4 nitrogen and oxygen atoms in total. The summed E-state index contributed by atoms with van der Waals surface area (Å²) in [6.45, 7) is 0.529. The maximum atomic E-state index is 5.55. The second-order valence-corrected chi connectivity index (χ2v) is 2.72. The van der Waals surface area contributed by atoms with Crippen molar-refractivity contribution >= 4 is 0 Å². The van der Waals surface area contributed by atoms with Gasteiger partial charge in [0.1, 0.15) is 6.10 Å². The van der Waals surface area contributed by atoms with E-state index in [4.69, 9.17) is 10.5 Å². The molecule has 1 aromatic rings. The molecule has 1 aromatic heterocycles. The minimum Gasteiger partial charge on any atom is -0.359 e. The first-order valence-corrected chi connectivity index (χ1v) is 3.92. The van der Waals surface area contributed by atoms with Crippen molar-refractivity contribution in [3.8, 4) is 0 Å². The molecule has 0 unspecified atom stereocenters. The highest BCUT2D eigenvalue weighted by Crippen LogP contribution is 2.23. The van der Waals surface area contributed by atoms with Crippen LogP contribution in [0, 0.1) is 0 Å². The zero-order valence-electron chi connectivity index (χ0n) is 6.60. The second-order valence-electron chi connectivity index (χ2n) is 2.72. The highest BCUT2D eigenvalue weighted by molar-refractivity contribution is 5.13. The summed E-state index contributed by atoms with van der Waals surface area (Å²) >= 11 is 0. The van der Waals surface area contributed by atoms with E-state index in [2.05, 4.69) is 9.97 Å². The smallest absolute Gasteiger partial charge is 0.118 e. The van der Waals surface area contributed by atoms with Crippen molar-refractivity contribution in [3.63, 3.8) is 0 Å². The monoisotopic (exact) mass is 165 g/mol. The van der Waals surface area contributed by atoms with Crippen LogP contribution in [0.1, 0.15) is 11.8 Å². The Morgan fingerprint density at radius 2 is 2.50 bits per heavy atom. The van der Waals surface area contributed by atoms with E-state index < -0.39 is 0 Å². The van der Waals surface area contributed by atoms with Crippen LogP contribution in [0.15, 0.2) is 24.7 Å². The van der Waals surface area contributed by atoms with Gasteiger partial charge in [-0.1, -0.05) is 12.2 Å². The average molecular weight is 165 g/mol. The van der Waals surface area contributed by atoms with Crippen molar-refractivity contribution in [3.05, 3.63) is 30.4 Å². The SMILES string of the molecule is NC[C@H]1C=C[C@@H](c2cnc[nH]2)O1. The summed E-state index contributed by atoms with van der Waals surface area (Å²) < 4.78 is 5.55. The molecule has 2 heterocycles. The van der Waals surface area contributed by atoms with E-state index in [0.717, 1.165) is 5.69 Å². The number of nitrogens with one attached hydrogen (secondary N) is 1. The Bertz CT molecular complexity index is 268. The molecule has 3 N–H and O–H groups in total. The van der Waals surface area contributed by atoms with Gasteiger partial charge < -0.3 is 15.5 Å². The molecule has 64 valence electrons. The van der Waals surface area contributed by atoms with Gasteiger partial charge in [0.2, 0.25) is 0 Å². The summed E-state index contributed by atoms with van der Waals surface area (Å²) in [5.74, 6) is 0. The fourth-order valence-corrected chi connectivity index (χ4v) is 1.24. The van der Waals surface area contributed by atoms with Gasteiger partial charge in [0.05, 0.1) is 24.3 Å². The van der Waals surface area contributed by atoms with Crippen LogP contribution in [0.4, 0.5) is 0 Å². The van der Waals surface area contributed by atoms with Crippen LogP contribution in [0.3, 0.4) is 0 Å². The molecule has 0 amide bonds. The molecule has 1 aliphatic rings. The molecule has 0 saturated heterocycles. The predicted molar refractivity (Wildman–Crippen MR) is 44.4 cm³/mol. The predicted octanol–water partition coefficient (Wildman–Crippen LogP) is 0.364. The summed E-state index contributed by atoms with van der Waals surface area (Å²) in [5, 5.41) is 0. The summed E-state index contributed by atoms with van der Waals surface area (Å²) in [6.07, 6.45) is 7.42. The summed E-state index contributed by atoms with van der Waals surface area (Å²) in [6, 6.07) is 0. The Balaban J connectivity index is 2.06. The highest BCUT2D eigenvalue weighted by atomic mass is 16.5. The first-order chi connectivity index (χ1) is 5.90. The van der Waals surface area contributed by atoms with Crippen LogP contribution in [0.5, 0.6) is 0 Å². The number of nitrogens with two attached hydrogens (primary N) is 1. The van der Waals surface area contributed by atoms with Crippen molar-refractivity contribution in [2.24, 2.45) is 5.73 Å². The van der Waals surface area contributed by atoms with Gasteiger partial charge >= 0.3 is 0 Å². The minimum absolute atomic E-state index is 0.000972. The van der Waals surface area contributed by atoms with Crippen molar-refractivity contribution in [2.75, 3.05) is 6.54 Å². The van der Waals surface area contributed by atoms with E-state index in [9.17, 15) is 0 Å². The van der Waals surface area contributed by atoms with Crippen LogP contribution in [0.2, 0.25) is 0 Å². The number of rotatable bonds is 2. The lowest BCUT2D eigenvalue weighted by Crippen LogP contribution is -2.18. The van der Waals surface area contributed by atoms with Gasteiger partial charge in [-0.05, 0) is 0 Å². The van der Waals surface area contributed by atoms with Crippen LogP contribution in [-0.2, 0) is 4.74 Å². The maximum absolute atomic E-state index is 5.55. The minimum atomic E-state index is 0.000972. The molecule has 1 aliphatic heterocycles. The number of hydrogen-bond donors (Lipinski definition) is 2. The van der Waals surface area contributed by atoms with Crippen molar-refractivity contribution in [1.82, 2.24) is 9.97 Å². The number of ether oxygens (including phenoxy) is 1. The third kappa shape index (κ3) is 1.26. The topological polar surface area (TPSA) is 63.9 Å². The number of aromatic amines is 1. The van der Waals surface area contributed by atoms with Crippen molar-refractivity contribution in [1.29, 1.82) is 0 Å². The van der Waals surface area contributed by atoms with Crippen molar-refractivity contribution < 1.29 is 4.74 Å². The summed E-state index contributed by atoms with van der Waals surface area (Å²) in [4.78, 5) is 6.91. The van der Waals surface area contributed by atoms with E-state index in [1.165, 1.54) is 0 Å². The molecule has 0 radical (unpaired) electrons. The third-order valence-corrected chi connectivity index (χ3v) is 1.88. The molecule has 0 spiro atoms. The number of hydrogen-bond acceptors (Lipinski definition) is 3. The van der Waals surface area contributed by atoms with E-state index in [1.54, 1.807) is 12.5 Å². The third-order valence-electron chi connectivity index (χ3n) is 1.88. The average Bonchev–Trinajstić information content (AvgIpc) is 2.75. The lowest BCUT2D eigenvalue weighted by molar-refractivity contribution is 0.0635. The Morgan fingerprint density at radius 1 is 1.58 bits per heavy atom. The Hall–Kier alpha value is -1.13. The van der Waals surface area contributed by atoms with Gasteiger partial charge in [0.25, 0.3) is 0 Å². The largest absolute Gasteiger partial charge is 0.359 e. The van der Waals surface area contributed by atoms with Crippen LogP contribution >= 0.6 is 0 Å². The van der Waals surface area contributed by atoms with Gasteiger partial charge in [-0.25, -0.2) is 4.98 Å². The van der Waals surface area contributed by atoms with E-state index in [1.807, 2.05) is 12.2 Å². The molecule has 0 fully saturated rings. The molecule has 2 atom stereocenters. The standard InChI is InChI=1S/C8H11N3O/c9-3-6-1-2-8(12-6)7-4-10-5-11-7/h1-2,4-6,8H,3,9H2,(H,10,11)/t6-,8+/m1/s1. The van der Waals surface area contributed by atoms with Crippen LogP contribution in [-0.4, -0.2) is 22.6 Å². The molecule has 4 heteroatoms. The zero-order chi connectivity index (χ0) is 8.39. The highest BCUT2D eigenvalue weighted by Gasteiger charge is 2.19. The lowest BCUT2D eigenvalue weighted by atomic mass is 10.3. The van der Waals surface area contributed by atoms with Crippen LogP contribution < -0.4 is 5.73 Å². The van der Waals surface area contributed by atoms with Gasteiger partial charge in [-0.3, -0.25) is 0 Å².